The molecule has 0 aromatic rings. The molecule has 0 spiro atoms. The molecule has 1 aliphatic heterocycles. The second kappa shape index (κ2) is 5.03. The first-order chi connectivity index (χ1) is 6.56. The van der Waals surface area contributed by atoms with Crippen LogP contribution in [0.5, 0.6) is 0 Å². The largest absolute Gasteiger partial charge is 0.369 e. The summed E-state index contributed by atoms with van der Waals surface area (Å²) in [5.74, 6) is 3.04. The van der Waals surface area contributed by atoms with E-state index in [1.54, 1.807) is 21.0 Å². The van der Waals surface area contributed by atoms with Gasteiger partial charge in [0.15, 0.2) is 0 Å². The average molecular weight is 217 g/mol. The third kappa shape index (κ3) is 3.17. The van der Waals surface area contributed by atoms with E-state index < -0.39 is 5.60 Å². The molecule has 0 aromatic heterocycles. The van der Waals surface area contributed by atoms with E-state index in [2.05, 4.69) is 5.32 Å². The zero-order valence-corrected chi connectivity index (χ0v) is 9.95. The van der Waals surface area contributed by atoms with E-state index in [4.69, 9.17) is 4.74 Å². The predicted molar refractivity (Wildman–Crippen MR) is 59.5 cm³/mol. The van der Waals surface area contributed by atoms with Crippen molar-refractivity contribution in [3.05, 3.63) is 0 Å². The number of nitrogens with one attached hydrogen (secondary N) is 1. The van der Waals surface area contributed by atoms with Crippen molar-refractivity contribution < 1.29 is 9.53 Å². The van der Waals surface area contributed by atoms with Crippen molar-refractivity contribution in [1.82, 2.24) is 5.32 Å². The van der Waals surface area contributed by atoms with Crippen LogP contribution < -0.4 is 5.32 Å². The average Bonchev–Trinajstić information content (AvgIpc) is 2.66. The summed E-state index contributed by atoms with van der Waals surface area (Å²) in [6.07, 6.45) is 1.22. The number of carbonyl (C=O) groups excluding carboxylic acids is 1. The molecule has 1 N–H and O–H groups in total. The van der Waals surface area contributed by atoms with E-state index in [1.165, 1.54) is 17.9 Å². The topological polar surface area (TPSA) is 38.3 Å². The Balaban J connectivity index is 2.26. The van der Waals surface area contributed by atoms with Gasteiger partial charge in [-0.25, -0.2) is 0 Å². The summed E-state index contributed by atoms with van der Waals surface area (Å²) in [4.78, 5) is 11.6. The van der Waals surface area contributed by atoms with Crippen LogP contribution in [0.1, 0.15) is 20.3 Å². The Labute approximate surface area is 90.0 Å². The summed E-state index contributed by atoms with van der Waals surface area (Å²) in [5.41, 5.74) is -0.703. The molecule has 3 nitrogen and oxygen atoms in total. The number of thioether (sulfide) groups is 1. The molecule has 1 amide bonds. The van der Waals surface area contributed by atoms with Crippen molar-refractivity contribution in [1.29, 1.82) is 0 Å². The molecule has 1 fully saturated rings. The van der Waals surface area contributed by atoms with Crippen LogP contribution in [0.2, 0.25) is 0 Å². The van der Waals surface area contributed by atoms with Crippen molar-refractivity contribution in [3.8, 4) is 0 Å². The van der Waals surface area contributed by atoms with Crippen LogP contribution in [-0.2, 0) is 9.53 Å². The Bertz CT molecular complexity index is 200. The fourth-order valence-electron chi connectivity index (χ4n) is 1.29. The zero-order valence-electron chi connectivity index (χ0n) is 9.13. The molecule has 1 atom stereocenters. The molecule has 1 saturated heterocycles. The second-order valence-corrected chi connectivity index (χ2v) is 5.30. The number of amides is 1. The van der Waals surface area contributed by atoms with Crippen LogP contribution in [0.15, 0.2) is 0 Å². The molecule has 1 aliphatic rings. The summed E-state index contributed by atoms with van der Waals surface area (Å²) >= 11 is 1.96. The molecule has 0 aromatic carbocycles. The number of rotatable bonds is 4. The van der Waals surface area contributed by atoms with Gasteiger partial charge in [0, 0.05) is 13.7 Å². The Morgan fingerprint density at radius 2 is 2.36 bits per heavy atom. The van der Waals surface area contributed by atoms with E-state index in [9.17, 15) is 4.79 Å². The van der Waals surface area contributed by atoms with Gasteiger partial charge in [0.25, 0.3) is 5.91 Å². The smallest absolute Gasteiger partial charge is 0.251 e. The predicted octanol–water partition coefficient (Wildman–Crippen LogP) is 1.28. The highest BCUT2D eigenvalue weighted by Gasteiger charge is 2.27. The number of carbonyl (C=O) groups is 1. The lowest BCUT2D eigenvalue weighted by Crippen LogP contribution is -2.45. The van der Waals surface area contributed by atoms with Gasteiger partial charge in [-0.3, -0.25) is 4.79 Å². The molecule has 1 heterocycles. The van der Waals surface area contributed by atoms with Crippen LogP contribution >= 0.6 is 11.8 Å². The Morgan fingerprint density at radius 3 is 2.86 bits per heavy atom. The van der Waals surface area contributed by atoms with E-state index in [0.29, 0.717) is 5.92 Å². The fourth-order valence-corrected chi connectivity index (χ4v) is 2.57. The van der Waals surface area contributed by atoms with Crippen LogP contribution in [0.4, 0.5) is 0 Å². The fraction of sp³-hybridized carbons (Fsp3) is 0.900. The Hall–Kier alpha value is -0.220. The van der Waals surface area contributed by atoms with Gasteiger partial charge >= 0.3 is 0 Å². The quantitative estimate of drug-likeness (QED) is 0.771. The molecule has 0 radical (unpaired) electrons. The summed E-state index contributed by atoms with van der Waals surface area (Å²) in [7, 11) is 1.56. The SMILES string of the molecule is COC(C)(C)C(=O)NCC1CCSC1. The minimum Gasteiger partial charge on any atom is -0.369 e. The van der Waals surface area contributed by atoms with Gasteiger partial charge in [-0.2, -0.15) is 11.8 Å². The van der Waals surface area contributed by atoms with Crippen molar-refractivity contribution in [2.45, 2.75) is 25.9 Å². The van der Waals surface area contributed by atoms with Gasteiger partial charge in [0.1, 0.15) is 5.60 Å². The zero-order chi connectivity index (χ0) is 10.6. The normalized spacial score (nSPS) is 22.4. The molecular weight excluding hydrogens is 198 g/mol. The summed E-state index contributed by atoms with van der Waals surface area (Å²) < 4.78 is 5.10. The molecule has 1 rings (SSSR count). The maximum absolute atomic E-state index is 11.6. The molecule has 82 valence electrons. The van der Waals surface area contributed by atoms with Crippen molar-refractivity contribution in [2.75, 3.05) is 25.2 Å². The summed E-state index contributed by atoms with van der Waals surface area (Å²) in [6.45, 7) is 4.36. The number of hydrogen-bond acceptors (Lipinski definition) is 3. The van der Waals surface area contributed by atoms with Crippen LogP contribution in [0.3, 0.4) is 0 Å². The summed E-state index contributed by atoms with van der Waals surface area (Å²) in [6, 6.07) is 0. The standard InChI is InChI=1S/C10H19NO2S/c1-10(2,13-3)9(12)11-6-8-4-5-14-7-8/h8H,4-7H2,1-3H3,(H,11,12). The molecule has 1 unspecified atom stereocenters. The Kier molecular flexibility index (Phi) is 4.26. The molecule has 0 saturated carbocycles. The van der Waals surface area contributed by atoms with Gasteiger partial charge in [0.05, 0.1) is 0 Å². The number of hydrogen-bond donors (Lipinski definition) is 1. The maximum Gasteiger partial charge on any atom is 0.251 e. The first-order valence-electron chi connectivity index (χ1n) is 4.97. The highest BCUT2D eigenvalue weighted by Crippen LogP contribution is 2.22. The minimum absolute atomic E-state index is 0.0168. The minimum atomic E-state index is -0.703. The monoisotopic (exact) mass is 217 g/mol. The lowest BCUT2D eigenvalue weighted by molar-refractivity contribution is -0.139. The highest BCUT2D eigenvalue weighted by atomic mass is 32.2. The maximum atomic E-state index is 11.6. The van der Waals surface area contributed by atoms with Crippen LogP contribution in [0.25, 0.3) is 0 Å². The highest BCUT2D eigenvalue weighted by molar-refractivity contribution is 7.99. The van der Waals surface area contributed by atoms with Gasteiger partial charge < -0.3 is 10.1 Å². The van der Waals surface area contributed by atoms with E-state index in [0.717, 1.165) is 6.54 Å². The van der Waals surface area contributed by atoms with E-state index in [-0.39, 0.29) is 5.91 Å². The Morgan fingerprint density at radius 1 is 1.64 bits per heavy atom. The third-order valence-electron chi connectivity index (χ3n) is 2.63. The van der Waals surface area contributed by atoms with Crippen molar-refractivity contribution in [2.24, 2.45) is 5.92 Å². The van der Waals surface area contributed by atoms with Gasteiger partial charge in [-0.05, 0) is 37.7 Å². The number of methoxy groups -OCH3 is 1. The van der Waals surface area contributed by atoms with Crippen molar-refractivity contribution >= 4 is 17.7 Å². The van der Waals surface area contributed by atoms with Gasteiger partial charge in [0.2, 0.25) is 0 Å². The first-order valence-corrected chi connectivity index (χ1v) is 6.13. The van der Waals surface area contributed by atoms with Crippen LogP contribution in [0, 0.1) is 5.92 Å². The molecule has 0 aliphatic carbocycles. The molecule has 0 bridgehead atoms. The van der Waals surface area contributed by atoms with E-state index >= 15 is 0 Å². The molecular formula is C10H19NO2S. The van der Waals surface area contributed by atoms with Crippen LogP contribution in [-0.4, -0.2) is 36.7 Å². The lowest BCUT2D eigenvalue weighted by atomic mass is 10.1. The third-order valence-corrected chi connectivity index (χ3v) is 3.86. The summed E-state index contributed by atoms with van der Waals surface area (Å²) in [5, 5.41) is 2.94. The van der Waals surface area contributed by atoms with Gasteiger partial charge in [-0.1, -0.05) is 0 Å². The molecule has 4 heteroatoms. The van der Waals surface area contributed by atoms with Gasteiger partial charge in [-0.15, -0.1) is 0 Å². The van der Waals surface area contributed by atoms with Crippen molar-refractivity contribution in [3.63, 3.8) is 0 Å². The second-order valence-electron chi connectivity index (χ2n) is 4.15. The molecule has 14 heavy (non-hydrogen) atoms. The first kappa shape index (κ1) is 11.9. The van der Waals surface area contributed by atoms with E-state index in [1.807, 2.05) is 11.8 Å². The lowest BCUT2D eigenvalue weighted by Gasteiger charge is -2.22. The number of ether oxygens (including phenoxy) is 1.